The number of aromatic nitrogens is 5. The molecule has 3 aromatic heterocycles. The summed E-state index contributed by atoms with van der Waals surface area (Å²) in [6.07, 6.45) is 2.69. The Labute approximate surface area is 205 Å². The summed E-state index contributed by atoms with van der Waals surface area (Å²) >= 11 is 0. The zero-order chi connectivity index (χ0) is 24.7. The van der Waals surface area contributed by atoms with Crippen molar-refractivity contribution in [3.05, 3.63) is 70.3 Å². The molecule has 0 spiro atoms. The van der Waals surface area contributed by atoms with E-state index in [1.165, 1.54) is 5.56 Å². The Kier molecular flexibility index (Phi) is 6.13. The zero-order valence-electron chi connectivity index (χ0n) is 21.2. The highest BCUT2D eigenvalue weighted by atomic mass is 16.1. The first-order chi connectivity index (χ1) is 16.9. The van der Waals surface area contributed by atoms with Gasteiger partial charge in [-0.25, -0.2) is 15.0 Å². The molecule has 0 amide bonds. The Balaban J connectivity index is 1.86. The lowest BCUT2D eigenvalue weighted by atomic mass is 9.99. The van der Waals surface area contributed by atoms with Crippen molar-refractivity contribution in [1.82, 2.24) is 24.1 Å². The molecule has 0 aliphatic carbocycles. The van der Waals surface area contributed by atoms with Crippen LogP contribution in [-0.2, 0) is 13.0 Å². The van der Waals surface area contributed by atoms with Crippen LogP contribution in [0.5, 0.6) is 0 Å². The van der Waals surface area contributed by atoms with Gasteiger partial charge in [0.2, 0.25) is 0 Å². The van der Waals surface area contributed by atoms with Gasteiger partial charge in [-0.2, -0.15) is 0 Å². The molecule has 0 N–H and O–H groups in total. The topological polar surface area (TPSA) is 65.6 Å². The molecule has 5 aromatic rings. The van der Waals surface area contributed by atoms with Gasteiger partial charge in [0, 0.05) is 18.7 Å². The molecule has 6 nitrogen and oxygen atoms in total. The first-order valence-corrected chi connectivity index (χ1v) is 12.7. The summed E-state index contributed by atoms with van der Waals surface area (Å²) < 4.78 is 3.85. The quantitative estimate of drug-likeness (QED) is 0.278. The predicted octanol–water partition coefficient (Wildman–Crippen LogP) is 6.41. The highest BCUT2D eigenvalue weighted by molar-refractivity contribution is 6.05. The molecule has 0 unspecified atom stereocenters. The fourth-order valence-corrected chi connectivity index (χ4v) is 4.69. The van der Waals surface area contributed by atoms with Gasteiger partial charge in [-0.15, -0.1) is 0 Å². The van der Waals surface area contributed by atoms with Crippen LogP contribution in [0, 0.1) is 5.92 Å². The molecule has 0 fully saturated rings. The van der Waals surface area contributed by atoms with E-state index in [1.807, 2.05) is 33.4 Å². The van der Waals surface area contributed by atoms with Crippen LogP contribution >= 0.6 is 0 Å². The molecule has 2 aromatic carbocycles. The monoisotopic (exact) mass is 467 g/mol. The molecule has 5 rings (SSSR count). The van der Waals surface area contributed by atoms with Crippen molar-refractivity contribution in [2.75, 3.05) is 0 Å². The number of fused-ring (bicyclic) bond motifs is 4. The van der Waals surface area contributed by atoms with Crippen molar-refractivity contribution in [2.24, 2.45) is 5.92 Å². The lowest BCUT2D eigenvalue weighted by Gasteiger charge is -2.14. The molecular formula is C29H33N5O. The normalized spacial score (nSPS) is 12.9. The van der Waals surface area contributed by atoms with E-state index in [1.54, 1.807) is 0 Å². The summed E-state index contributed by atoms with van der Waals surface area (Å²) in [5.74, 6) is 1.79. The molecule has 0 aliphatic rings. The molecule has 0 aliphatic heterocycles. The number of nitrogens with zero attached hydrogens (tertiary/aromatic N) is 5. The number of aryl methyl sites for hydroxylation is 1. The second kappa shape index (κ2) is 9.25. The Morgan fingerprint density at radius 3 is 2.17 bits per heavy atom. The van der Waals surface area contributed by atoms with Crippen LogP contribution in [0.15, 0.2) is 53.3 Å². The summed E-state index contributed by atoms with van der Waals surface area (Å²) in [6.45, 7) is 11.5. The minimum absolute atomic E-state index is 0.0305. The first-order valence-electron chi connectivity index (χ1n) is 12.7. The van der Waals surface area contributed by atoms with Gasteiger partial charge >= 0.3 is 0 Å². The van der Waals surface area contributed by atoms with E-state index in [2.05, 4.69) is 58.9 Å². The Morgan fingerprint density at radius 2 is 1.54 bits per heavy atom. The lowest BCUT2D eigenvalue weighted by Crippen LogP contribution is -2.26. The van der Waals surface area contributed by atoms with Gasteiger partial charge in [0.25, 0.3) is 5.56 Å². The molecule has 35 heavy (non-hydrogen) atoms. The average Bonchev–Trinajstić information content (AvgIpc) is 3.19. The number of hydrogen-bond donors (Lipinski definition) is 0. The van der Waals surface area contributed by atoms with Crippen molar-refractivity contribution in [1.29, 1.82) is 0 Å². The third-order valence-electron chi connectivity index (χ3n) is 7.02. The largest absolute Gasteiger partial charge is 0.296 e. The maximum atomic E-state index is 13.9. The number of rotatable bonds is 7. The van der Waals surface area contributed by atoms with Gasteiger partial charge in [0.05, 0.1) is 11.0 Å². The van der Waals surface area contributed by atoms with E-state index in [-0.39, 0.29) is 5.56 Å². The first kappa shape index (κ1) is 23.2. The van der Waals surface area contributed by atoms with Crippen LogP contribution in [0.3, 0.4) is 0 Å². The van der Waals surface area contributed by atoms with Gasteiger partial charge < -0.3 is 0 Å². The van der Waals surface area contributed by atoms with E-state index in [9.17, 15) is 4.79 Å². The molecular weight excluding hydrogens is 434 g/mol. The van der Waals surface area contributed by atoms with E-state index >= 15 is 0 Å². The minimum atomic E-state index is -0.0305. The standard InChI is InChI=1S/C29H33N5O/c1-6-19(5)20-12-14-21(15-13-20)34-27-25(26-28(34)31-23-11-9-8-10-22(23)30-26)29(35)33(17-16-18(3)4)24(7-2)32-27/h8-15,18-19H,6-7,16-17H2,1-5H3/t19-/m0/s1. The van der Waals surface area contributed by atoms with Gasteiger partial charge in [0.15, 0.2) is 11.3 Å². The SMILES string of the molecule is CCc1nc2c(c(=O)n1CCC(C)C)c1nc3ccccc3nc1n2-c1ccc([C@@H](C)CC)cc1. The number of hydrogen-bond acceptors (Lipinski definition) is 4. The summed E-state index contributed by atoms with van der Waals surface area (Å²) in [7, 11) is 0. The van der Waals surface area contributed by atoms with Crippen LogP contribution in [-0.4, -0.2) is 24.1 Å². The van der Waals surface area contributed by atoms with Gasteiger partial charge in [-0.3, -0.25) is 13.9 Å². The smallest absolute Gasteiger partial charge is 0.265 e. The molecule has 180 valence electrons. The number of benzene rings is 2. The van der Waals surface area contributed by atoms with E-state index < -0.39 is 0 Å². The summed E-state index contributed by atoms with van der Waals surface area (Å²) in [5.41, 5.74) is 5.70. The van der Waals surface area contributed by atoms with Crippen molar-refractivity contribution in [3.8, 4) is 5.69 Å². The van der Waals surface area contributed by atoms with Gasteiger partial charge in [0.1, 0.15) is 16.7 Å². The highest BCUT2D eigenvalue weighted by Crippen LogP contribution is 2.30. The summed E-state index contributed by atoms with van der Waals surface area (Å²) in [6, 6.07) is 16.4. The maximum Gasteiger partial charge on any atom is 0.265 e. The molecule has 1 atom stereocenters. The Morgan fingerprint density at radius 1 is 0.857 bits per heavy atom. The van der Waals surface area contributed by atoms with E-state index in [0.29, 0.717) is 47.0 Å². The van der Waals surface area contributed by atoms with Gasteiger partial charge in [-0.05, 0) is 54.5 Å². The van der Waals surface area contributed by atoms with Crippen molar-refractivity contribution in [2.45, 2.75) is 66.3 Å². The Bertz CT molecular complexity index is 1580. The van der Waals surface area contributed by atoms with Crippen LogP contribution in [0.25, 0.3) is 38.9 Å². The van der Waals surface area contributed by atoms with Crippen LogP contribution in [0.1, 0.15) is 64.8 Å². The second-order valence-electron chi connectivity index (χ2n) is 9.84. The molecule has 0 radical (unpaired) electrons. The third kappa shape index (κ3) is 4.01. The van der Waals surface area contributed by atoms with Crippen molar-refractivity contribution >= 4 is 33.2 Å². The fraction of sp³-hybridized carbons (Fsp3) is 0.379. The predicted molar refractivity (Wildman–Crippen MR) is 143 cm³/mol. The van der Waals surface area contributed by atoms with Crippen LogP contribution in [0.4, 0.5) is 0 Å². The summed E-state index contributed by atoms with van der Waals surface area (Å²) in [4.78, 5) is 28.9. The van der Waals surface area contributed by atoms with Gasteiger partial charge in [-0.1, -0.05) is 58.9 Å². The molecule has 0 bridgehead atoms. The second-order valence-corrected chi connectivity index (χ2v) is 9.84. The van der Waals surface area contributed by atoms with Crippen molar-refractivity contribution < 1.29 is 0 Å². The highest BCUT2D eigenvalue weighted by Gasteiger charge is 2.23. The van der Waals surface area contributed by atoms with Crippen molar-refractivity contribution in [3.63, 3.8) is 0 Å². The third-order valence-corrected chi connectivity index (χ3v) is 7.02. The van der Waals surface area contributed by atoms with E-state index in [4.69, 9.17) is 15.0 Å². The Hall–Kier alpha value is -3.54. The number of para-hydroxylation sites is 2. The van der Waals surface area contributed by atoms with Crippen LogP contribution in [0.2, 0.25) is 0 Å². The molecule has 0 saturated carbocycles. The maximum absolute atomic E-state index is 13.9. The van der Waals surface area contributed by atoms with E-state index in [0.717, 1.165) is 35.4 Å². The fourth-order valence-electron chi connectivity index (χ4n) is 4.69. The average molecular weight is 468 g/mol. The van der Waals surface area contributed by atoms with Crippen LogP contribution < -0.4 is 5.56 Å². The molecule has 0 saturated heterocycles. The molecule has 3 heterocycles. The zero-order valence-corrected chi connectivity index (χ0v) is 21.2. The lowest BCUT2D eigenvalue weighted by molar-refractivity contribution is 0.494. The molecule has 6 heteroatoms. The minimum Gasteiger partial charge on any atom is -0.296 e. The summed E-state index contributed by atoms with van der Waals surface area (Å²) in [5, 5.41) is 0.546.